The molecule has 0 aliphatic rings. The van der Waals surface area contributed by atoms with Crippen molar-refractivity contribution in [2.75, 3.05) is 0 Å². The lowest BCUT2D eigenvalue weighted by Gasteiger charge is -2.10. The van der Waals surface area contributed by atoms with Gasteiger partial charge in [0.25, 0.3) is 0 Å². The van der Waals surface area contributed by atoms with Gasteiger partial charge in [0.1, 0.15) is 0 Å². The predicted octanol–water partition coefficient (Wildman–Crippen LogP) is 4.41. The highest BCUT2D eigenvalue weighted by atomic mass is 16.5. The standard InChI is InChI=1S/C17H18N2O2/c1-10(2)21-17(20)16-12(4)19-11(3)15(16)13-6-8-14(18-5)9-7-13/h6-10,19H,1-4H3. The first kappa shape index (κ1) is 14.9. The van der Waals surface area contributed by atoms with Gasteiger partial charge in [0.15, 0.2) is 5.69 Å². The van der Waals surface area contributed by atoms with Gasteiger partial charge in [-0.3, -0.25) is 0 Å². The van der Waals surface area contributed by atoms with E-state index in [0.29, 0.717) is 11.3 Å². The number of benzene rings is 1. The number of aryl methyl sites for hydroxylation is 2. The molecule has 1 aromatic heterocycles. The van der Waals surface area contributed by atoms with E-state index in [1.165, 1.54) is 0 Å². The number of hydrogen-bond acceptors (Lipinski definition) is 2. The molecule has 0 spiro atoms. The van der Waals surface area contributed by atoms with Crippen LogP contribution in [0.15, 0.2) is 24.3 Å². The molecule has 0 atom stereocenters. The molecule has 0 aliphatic heterocycles. The number of carbonyl (C=O) groups is 1. The van der Waals surface area contributed by atoms with E-state index < -0.39 is 0 Å². The third-order valence-corrected chi connectivity index (χ3v) is 3.21. The summed E-state index contributed by atoms with van der Waals surface area (Å²) in [5, 5.41) is 0. The molecule has 21 heavy (non-hydrogen) atoms. The number of nitrogens with one attached hydrogen (secondary N) is 1. The van der Waals surface area contributed by atoms with Gasteiger partial charge in [-0.15, -0.1) is 0 Å². The van der Waals surface area contributed by atoms with Crippen LogP contribution in [0.1, 0.15) is 35.6 Å². The first-order chi connectivity index (χ1) is 9.93. The van der Waals surface area contributed by atoms with Crippen molar-refractivity contribution in [2.24, 2.45) is 0 Å². The number of aromatic amines is 1. The molecule has 4 nitrogen and oxygen atoms in total. The van der Waals surface area contributed by atoms with Crippen LogP contribution in [-0.2, 0) is 4.74 Å². The van der Waals surface area contributed by atoms with Crippen molar-refractivity contribution >= 4 is 11.7 Å². The largest absolute Gasteiger partial charge is 0.459 e. The average Bonchev–Trinajstić information content (AvgIpc) is 2.73. The van der Waals surface area contributed by atoms with Crippen LogP contribution in [0.2, 0.25) is 0 Å². The number of aromatic nitrogens is 1. The van der Waals surface area contributed by atoms with E-state index in [4.69, 9.17) is 11.3 Å². The van der Waals surface area contributed by atoms with Gasteiger partial charge in [-0.05, 0) is 33.3 Å². The lowest BCUT2D eigenvalue weighted by molar-refractivity contribution is 0.0378. The monoisotopic (exact) mass is 282 g/mol. The van der Waals surface area contributed by atoms with Crippen LogP contribution in [-0.4, -0.2) is 17.1 Å². The van der Waals surface area contributed by atoms with Crippen molar-refractivity contribution in [3.8, 4) is 11.1 Å². The normalized spacial score (nSPS) is 10.5. The number of nitrogens with zero attached hydrogens (tertiary/aromatic N) is 1. The summed E-state index contributed by atoms with van der Waals surface area (Å²) in [6.07, 6.45) is -0.163. The third-order valence-electron chi connectivity index (χ3n) is 3.21. The summed E-state index contributed by atoms with van der Waals surface area (Å²) in [5.41, 5.74) is 4.60. The fourth-order valence-corrected chi connectivity index (χ4v) is 2.37. The molecule has 0 fully saturated rings. The van der Waals surface area contributed by atoms with Gasteiger partial charge < -0.3 is 9.72 Å². The molecule has 2 rings (SSSR count). The van der Waals surface area contributed by atoms with Crippen molar-refractivity contribution in [3.05, 3.63) is 52.6 Å². The van der Waals surface area contributed by atoms with Crippen LogP contribution in [0, 0.1) is 20.4 Å². The SMILES string of the molecule is [C-]#[N+]c1ccc(-c2c(C)[nH]c(C)c2C(=O)OC(C)C)cc1. The second-order valence-corrected chi connectivity index (χ2v) is 5.24. The van der Waals surface area contributed by atoms with E-state index >= 15 is 0 Å². The van der Waals surface area contributed by atoms with Crippen molar-refractivity contribution in [3.63, 3.8) is 0 Å². The Bertz CT molecular complexity index is 704. The summed E-state index contributed by atoms with van der Waals surface area (Å²) >= 11 is 0. The highest BCUT2D eigenvalue weighted by Gasteiger charge is 2.22. The predicted molar refractivity (Wildman–Crippen MR) is 82.5 cm³/mol. The zero-order valence-electron chi connectivity index (χ0n) is 12.7. The van der Waals surface area contributed by atoms with E-state index in [-0.39, 0.29) is 12.1 Å². The van der Waals surface area contributed by atoms with E-state index in [9.17, 15) is 4.79 Å². The highest BCUT2D eigenvalue weighted by Crippen LogP contribution is 2.31. The van der Waals surface area contributed by atoms with Crippen LogP contribution in [0.3, 0.4) is 0 Å². The van der Waals surface area contributed by atoms with Gasteiger partial charge in [0.05, 0.1) is 18.2 Å². The number of hydrogen-bond donors (Lipinski definition) is 1. The zero-order valence-corrected chi connectivity index (χ0v) is 12.7. The molecule has 0 radical (unpaired) electrons. The van der Waals surface area contributed by atoms with Crippen molar-refractivity contribution in [2.45, 2.75) is 33.8 Å². The van der Waals surface area contributed by atoms with E-state index in [1.54, 1.807) is 12.1 Å². The summed E-state index contributed by atoms with van der Waals surface area (Å²) in [6.45, 7) is 14.4. The topological polar surface area (TPSA) is 46.5 Å². The Kier molecular flexibility index (Phi) is 4.13. The molecule has 2 aromatic rings. The first-order valence-corrected chi connectivity index (χ1v) is 6.82. The average molecular weight is 282 g/mol. The molecule has 0 saturated heterocycles. The van der Waals surface area contributed by atoms with E-state index in [0.717, 1.165) is 22.5 Å². The van der Waals surface area contributed by atoms with Gasteiger partial charge in [-0.25, -0.2) is 9.64 Å². The summed E-state index contributed by atoms with van der Waals surface area (Å²) in [4.78, 5) is 18.9. The van der Waals surface area contributed by atoms with Gasteiger partial charge in [-0.1, -0.05) is 24.3 Å². The Labute approximate surface area is 124 Å². The lowest BCUT2D eigenvalue weighted by atomic mass is 10.00. The molecule has 0 saturated carbocycles. The Morgan fingerprint density at radius 3 is 2.33 bits per heavy atom. The molecular weight excluding hydrogens is 264 g/mol. The van der Waals surface area contributed by atoms with Gasteiger partial charge in [0.2, 0.25) is 0 Å². The van der Waals surface area contributed by atoms with Gasteiger partial charge in [-0.2, -0.15) is 0 Å². The number of H-pyrrole nitrogens is 1. The number of rotatable bonds is 3. The Hall–Kier alpha value is -2.54. The molecule has 4 heteroatoms. The molecule has 0 bridgehead atoms. The Morgan fingerprint density at radius 1 is 1.19 bits per heavy atom. The fraction of sp³-hybridized carbons (Fsp3) is 0.294. The molecule has 0 aliphatic carbocycles. The summed E-state index contributed by atoms with van der Waals surface area (Å²) in [7, 11) is 0. The van der Waals surface area contributed by atoms with Crippen LogP contribution in [0.5, 0.6) is 0 Å². The van der Waals surface area contributed by atoms with E-state index in [1.807, 2.05) is 39.8 Å². The van der Waals surface area contributed by atoms with Crippen LogP contribution < -0.4 is 0 Å². The minimum atomic E-state index is -0.323. The summed E-state index contributed by atoms with van der Waals surface area (Å²) < 4.78 is 5.33. The quantitative estimate of drug-likeness (QED) is 0.669. The minimum Gasteiger partial charge on any atom is -0.459 e. The van der Waals surface area contributed by atoms with Crippen LogP contribution >= 0.6 is 0 Å². The van der Waals surface area contributed by atoms with Crippen LogP contribution in [0.4, 0.5) is 5.69 Å². The second kappa shape index (κ2) is 5.84. The van der Waals surface area contributed by atoms with Gasteiger partial charge >= 0.3 is 5.97 Å². The number of ether oxygens (including phenoxy) is 1. The Balaban J connectivity index is 2.52. The van der Waals surface area contributed by atoms with Crippen molar-refractivity contribution < 1.29 is 9.53 Å². The molecular formula is C17H18N2O2. The smallest absolute Gasteiger partial charge is 0.340 e. The van der Waals surface area contributed by atoms with Crippen LogP contribution in [0.25, 0.3) is 16.0 Å². The molecule has 0 amide bonds. The first-order valence-electron chi connectivity index (χ1n) is 6.82. The Morgan fingerprint density at radius 2 is 1.81 bits per heavy atom. The van der Waals surface area contributed by atoms with Crippen molar-refractivity contribution in [1.29, 1.82) is 0 Å². The maximum atomic E-state index is 12.3. The molecule has 1 heterocycles. The number of carbonyl (C=O) groups excluding carboxylic acids is 1. The summed E-state index contributed by atoms with van der Waals surface area (Å²) in [6, 6.07) is 7.22. The maximum Gasteiger partial charge on any atom is 0.340 e. The zero-order chi connectivity index (χ0) is 15.6. The fourth-order valence-electron chi connectivity index (χ4n) is 2.37. The maximum absolute atomic E-state index is 12.3. The third kappa shape index (κ3) is 2.97. The molecule has 108 valence electrons. The minimum absolute atomic E-state index is 0.163. The highest BCUT2D eigenvalue weighted by molar-refractivity contribution is 5.99. The lowest BCUT2D eigenvalue weighted by Crippen LogP contribution is -2.12. The molecule has 1 N–H and O–H groups in total. The van der Waals surface area contributed by atoms with Crippen molar-refractivity contribution in [1.82, 2.24) is 4.98 Å². The van der Waals surface area contributed by atoms with E-state index in [2.05, 4.69) is 9.83 Å². The number of esters is 1. The summed E-state index contributed by atoms with van der Waals surface area (Å²) in [5.74, 6) is -0.323. The molecule has 1 aromatic carbocycles. The second-order valence-electron chi connectivity index (χ2n) is 5.24. The van der Waals surface area contributed by atoms with Gasteiger partial charge in [0, 0.05) is 17.0 Å². The molecule has 0 unspecified atom stereocenters.